The standard InChI is InChI=1S/C18H30O4Si/c1-8-11-15(18(3,4)5)12(9-2)17(21)14(16(11)20)13(19)10-22-23(6)7/h20-21,23H,8-10H2,1-7H3. The van der Waals surface area contributed by atoms with Crippen LogP contribution in [0.3, 0.4) is 0 Å². The lowest BCUT2D eigenvalue weighted by Crippen LogP contribution is -2.21. The highest BCUT2D eigenvalue weighted by Crippen LogP contribution is 2.43. The van der Waals surface area contributed by atoms with Crippen molar-refractivity contribution in [3.05, 3.63) is 22.3 Å². The molecule has 0 fully saturated rings. The molecule has 0 saturated heterocycles. The Hall–Kier alpha value is -1.33. The number of rotatable bonds is 6. The number of Topliss-reactive ketones (excluding diaryl/α,β-unsaturated/α-hetero) is 1. The van der Waals surface area contributed by atoms with Crippen LogP contribution in [0.15, 0.2) is 0 Å². The van der Waals surface area contributed by atoms with Crippen LogP contribution in [0.4, 0.5) is 0 Å². The topological polar surface area (TPSA) is 66.8 Å². The summed E-state index contributed by atoms with van der Waals surface area (Å²) >= 11 is 0. The fraction of sp³-hybridized carbons (Fsp3) is 0.611. The summed E-state index contributed by atoms with van der Waals surface area (Å²) in [6.45, 7) is 13.9. The van der Waals surface area contributed by atoms with E-state index in [0.29, 0.717) is 12.8 Å². The lowest BCUT2D eigenvalue weighted by atomic mass is 9.77. The molecule has 23 heavy (non-hydrogen) atoms. The van der Waals surface area contributed by atoms with Crippen molar-refractivity contribution in [1.29, 1.82) is 0 Å². The van der Waals surface area contributed by atoms with Crippen molar-refractivity contribution in [1.82, 2.24) is 0 Å². The maximum Gasteiger partial charge on any atom is 0.194 e. The van der Waals surface area contributed by atoms with Crippen LogP contribution in [0.1, 0.15) is 61.7 Å². The van der Waals surface area contributed by atoms with Gasteiger partial charge < -0.3 is 14.6 Å². The average Bonchev–Trinajstić information content (AvgIpc) is 2.43. The molecule has 0 aromatic heterocycles. The second-order valence-electron chi connectivity index (χ2n) is 7.14. The fourth-order valence-electron chi connectivity index (χ4n) is 3.01. The molecule has 0 radical (unpaired) electrons. The number of carbonyl (C=O) groups excluding carboxylic acids is 1. The van der Waals surface area contributed by atoms with E-state index in [2.05, 4.69) is 20.8 Å². The SMILES string of the molecule is CCc1c(O)c(C(=O)CO[SiH](C)C)c(O)c(CC)c1C(C)(C)C. The summed E-state index contributed by atoms with van der Waals surface area (Å²) in [6.07, 6.45) is 1.21. The largest absolute Gasteiger partial charge is 0.507 e. The number of phenols is 2. The Bertz CT molecular complexity index is 555. The summed E-state index contributed by atoms with van der Waals surface area (Å²) in [4.78, 5) is 12.5. The highest BCUT2D eigenvalue weighted by Gasteiger charge is 2.30. The molecular weight excluding hydrogens is 308 g/mol. The molecule has 5 heteroatoms. The number of aromatic hydroxyl groups is 2. The summed E-state index contributed by atoms with van der Waals surface area (Å²) in [7, 11) is -1.34. The van der Waals surface area contributed by atoms with Crippen molar-refractivity contribution in [2.75, 3.05) is 6.61 Å². The monoisotopic (exact) mass is 338 g/mol. The molecule has 1 rings (SSSR count). The minimum Gasteiger partial charge on any atom is -0.507 e. The van der Waals surface area contributed by atoms with Gasteiger partial charge in [0.15, 0.2) is 14.8 Å². The zero-order valence-electron chi connectivity index (χ0n) is 15.4. The average molecular weight is 339 g/mol. The van der Waals surface area contributed by atoms with Crippen molar-refractivity contribution in [2.45, 2.75) is 66.0 Å². The third-order valence-corrected chi connectivity index (χ3v) is 4.77. The van der Waals surface area contributed by atoms with Crippen LogP contribution in [-0.2, 0) is 22.7 Å². The molecule has 130 valence electrons. The third-order valence-electron chi connectivity index (χ3n) is 3.93. The predicted octanol–water partition coefficient (Wildman–Crippen LogP) is 3.70. The van der Waals surface area contributed by atoms with Crippen molar-refractivity contribution in [2.24, 2.45) is 0 Å². The van der Waals surface area contributed by atoms with Gasteiger partial charge in [0.25, 0.3) is 0 Å². The molecule has 0 aliphatic heterocycles. The highest BCUT2D eigenvalue weighted by atomic mass is 28.3. The van der Waals surface area contributed by atoms with E-state index < -0.39 is 9.04 Å². The first kappa shape index (κ1) is 19.7. The van der Waals surface area contributed by atoms with Crippen LogP contribution < -0.4 is 0 Å². The van der Waals surface area contributed by atoms with Gasteiger partial charge in [0, 0.05) is 0 Å². The molecule has 0 saturated carbocycles. The number of hydrogen-bond acceptors (Lipinski definition) is 4. The Morgan fingerprint density at radius 2 is 1.48 bits per heavy atom. The minimum atomic E-state index is -1.34. The summed E-state index contributed by atoms with van der Waals surface area (Å²) in [5.74, 6) is -0.539. The van der Waals surface area contributed by atoms with Crippen LogP contribution in [0.2, 0.25) is 13.1 Å². The Morgan fingerprint density at radius 1 is 1.04 bits per heavy atom. The normalized spacial score (nSPS) is 12.0. The fourth-order valence-corrected chi connectivity index (χ4v) is 3.49. The van der Waals surface area contributed by atoms with Crippen molar-refractivity contribution >= 4 is 14.8 Å². The van der Waals surface area contributed by atoms with Crippen LogP contribution in [-0.4, -0.2) is 31.6 Å². The van der Waals surface area contributed by atoms with Gasteiger partial charge in [0.2, 0.25) is 0 Å². The van der Waals surface area contributed by atoms with Crippen molar-refractivity contribution in [3.63, 3.8) is 0 Å². The number of ketones is 1. The van der Waals surface area contributed by atoms with E-state index in [1.54, 1.807) is 0 Å². The van der Waals surface area contributed by atoms with E-state index in [9.17, 15) is 15.0 Å². The molecular formula is C18H30O4Si. The van der Waals surface area contributed by atoms with Crippen molar-refractivity contribution < 1.29 is 19.4 Å². The van der Waals surface area contributed by atoms with E-state index in [1.807, 2.05) is 26.9 Å². The van der Waals surface area contributed by atoms with E-state index in [4.69, 9.17) is 4.43 Å². The number of hydrogen-bond donors (Lipinski definition) is 2. The Kier molecular flexibility index (Phi) is 6.42. The van der Waals surface area contributed by atoms with Gasteiger partial charge in [-0.05, 0) is 48.0 Å². The summed E-state index contributed by atoms with van der Waals surface area (Å²) in [6, 6.07) is 0. The minimum absolute atomic E-state index is 0.0151. The summed E-state index contributed by atoms with van der Waals surface area (Å²) < 4.78 is 5.48. The van der Waals surface area contributed by atoms with Gasteiger partial charge in [0.05, 0.1) is 6.61 Å². The second-order valence-corrected chi connectivity index (χ2v) is 9.58. The van der Waals surface area contributed by atoms with Gasteiger partial charge in [-0.15, -0.1) is 0 Å². The molecule has 0 aliphatic rings. The van der Waals surface area contributed by atoms with E-state index in [1.165, 1.54) is 0 Å². The second kappa shape index (κ2) is 7.49. The molecule has 0 aliphatic carbocycles. The van der Waals surface area contributed by atoms with Gasteiger partial charge in [-0.2, -0.15) is 0 Å². The Morgan fingerprint density at radius 3 is 1.78 bits per heavy atom. The molecule has 4 nitrogen and oxygen atoms in total. The zero-order valence-corrected chi connectivity index (χ0v) is 16.6. The molecule has 0 unspecified atom stereocenters. The molecule has 0 amide bonds. The van der Waals surface area contributed by atoms with E-state index in [0.717, 1.165) is 16.7 Å². The molecule has 1 aromatic rings. The maximum absolute atomic E-state index is 12.5. The first-order valence-electron chi connectivity index (χ1n) is 8.31. The van der Waals surface area contributed by atoms with E-state index >= 15 is 0 Å². The van der Waals surface area contributed by atoms with Crippen LogP contribution in [0, 0.1) is 0 Å². The number of carbonyl (C=O) groups is 1. The molecule has 0 heterocycles. The number of benzene rings is 1. The van der Waals surface area contributed by atoms with Gasteiger partial charge in [0.1, 0.15) is 17.1 Å². The highest BCUT2D eigenvalue weighted by molar-refractivity contribution is 6.48. The van der Waals surface area contributed by atoms with Gasteiger partial charge >= 0.3 is 0 Å². The lowest BCUT2D eigenvalue weighted by Gasteiger charge is -2.29. The van der Waals surface area contributed by atoms with E-state index in [-0.39, 0.29) is 34.9 Å². The van der Waals surface area contributed by atoms with Crippen molar-refractivity contribution in [3.8, 4) is 11.5 Å². The quantitative estimate of drug-likeness (QED) is 0.613. The number of phenolic OH excluding ortho intramolecular Hbond substituents is 2. The predicted molar refractivity (Wildman–Crippen MR) is 96.4 cm³/mol. The molecule has 0 spiro atoms. The van der Waals surface area contributed by atoms with Crippen LogP contribution >= 0.6 is 0 Å². The van der Waals surface area contributed by atoms with Crippen LogP contribution in [0.5, 0.6) is 11.5 Å². The summed E-state index contributed by atoms with van der Waals surface area (Å²) in [5, 5.41) is 21.3. The Balaban J connectivity index is 3.60. The van der Waals surface area contributed by atoms with Gasteiger partial charge in [-0.25, -0.2) is 0 Å². The first-order chi connectivity index (χ1) is 10.6. The van der Waals surface area contributed by atoms with Gasteiger partial charge in [-0.1, -0.05) is 34.6 Å². The zero-order chi connectivity index (χ0) is 17.9. The maximum atomic E-state index is 12.5. The molecule has 2 N–H and O–H groups in total. The van der Waals surface area contributed by atoms with Gasteiger partial charge in [-0.3, -0.25) is 4.79 Å². The molecule has 1 aromatic carbocycles. The van der Waals surface area contributed by atoms with Crippen LogP contribution in [0.25, 0.3) is 0 Å². The molecule has 0 bridgehead atoms. The smallest absolute Gasteiger partial charge is 0.194 e. The first-order valence-corrected chi connectivity index (χ1v) is 11.1. The third kappa shape index (κ3) is 4.15. The Labute approximate surface area is 141 Å². The summed E-state index contributed by atoms with van der Waals surface area (Å²) in [5.41, 5.74) is 2.22. The lowest BCUT2D eigenvalue weighted by molar-refractivity contribution is 0.0915. The molecule has 0 atom stereocenters.